The molecule has 2 aromatic rings. The van der Waals surface area contributed by atoms with Crippen LogP contribution in [0.2, 0.25) is 0 Å². The summed E-state index contributed by atoms with van der Waals surface area (Å²) >= 11 is 3.59. The molecule has 0 aliphatic heterocycles. The lowest BCUT2D eigenvalue weighted by atomic mass is 10.1. The number of fused-ring (bicyclic) bond motifs is 1. The van der Waals surface area contributed by atoms with Gasteiger partial charge < -0.3 is 14.3 Å². The van der Waals surface area contributed by atoms with Crippen molar-refractivity contribution in [1.29, 1.82) is 0 Å². The van der Waals surface area contributed by atoms with Crippen LogP contribution in [-0.4, -0.2) is 18.8 Å². The molecule has 4 heteroatoms. The van der Waals surface area contributed by atoms with E-state index < -0.39 is 0 Å². The predicted octanol–water partition coefficient (Wildman–Crippen LogP) is 3.44. The highest BCUT2D eigenvalue weighted by atomic mass is 79.9. The van der Waals surface area contributed by atoms with Crippen LogP contribution in [0, 0.1) is 6.92 Å². The van der Waals surface area contributed by atoms with E-state index in [4.69, 9.17) is 14.3 Å². The molecule has 0 unspecified atom stereocenters. The van der Waals surface area contributed by atoms with Gasteiger partial charge in [-0.25, -0.2) is 0 Å². The first-order valence-corrected chi connectivity index (χ1v) is 6.33. The molecule has 17 heavy (non-hydrogen) atoms. The minimum absolute atomic E-state index is 0.192. The van der Waals surface area contributed by atoms with Crippen molar-refractivity contribution in [1.82, 2.24) is 0 Å². The van der Waals surface area contributed by atoms with Crippen LogP contribution in [0.15, 0.2) is 21.0 Å². The van der Waals surface area contributed by atoms with E-state index in [2.05, 4.69) is 15.9 Å². The summed E-state index contributed by atoms with van der Waals surface area (Å²) in [7, 11) is 1.64. The van der Waals surface area contributed by atoms with Gasteiger partial charge in [0.2, 0.25) is 0 Å². The van der Waals surface area contributed by atoms with Crippen molar-refractivity contribution in [3.05, 3.63) is 27.9 Å². The molecular formula is C13H15BrO3. The van der Waals surface area contributed by atoms with Crippen molar-refractivity contribution >= 4 is 26.9 Å². The summed E-state index contributed by atoms with van der Waals surface area (Å²) in [6.07, 6.45) is 1.55. The molecule has 1 aromatic heterocycles. The van der Waals surface area contributed by atoms with Crippen LogP contribution in [0.25, 0.3) is 11.0 Å². The minimum atomic E-state index is 0.192. The van der Waals surface area contributed by atoms with E-state index in [1.54, 1.807) is 7.11 Å². The maximum Gasteiger partial charge on any atom is 0.177 e. The second-order valence-electron chi connectivity index (χ2n) is 3.98. The van der Waals surface area contributed by atoms with Gasteiger partial charge in [-0.05, 0) is 53.4 Å². The second-order valence-corrected chi connectivity index (χ2v) is 4.77. The molecule has 0 amide bonds. The Kier molecular flexibility index (Phi) is 3.74. The van der Waals surface area contributed by atoms with Gasteiger partial charge in [0.05, 0.1) is 7.11 Å². The molecule has 2 rings (SSSR count). The fraction of sp³-hybridized carbons (Fsp3) is 0.385. The summed E-state index contributed by atoms with van der Waals surface area (Å²) in [6, 6.07) is 3.95. The third-order valence-electron chi connectivity index (χ3n) is 2.73. The Labute approximate surface area is 109 Å². The maximum absolute atomic E-state index is 8.90. The van der Waals surface area contributed by atoms with Gasteiger partial charge in [0, 0.05) is 16.5 Å². The van der Waals surface area contributed by atoms with Gasteiger partial charge in [-0.1, -0.05) is 0 Å². The van der Waals surface area contributed by atoms with Crippen LogP contribution < -0.4 is 4.74 Å². The van der Waals surface area contributed by atoms with E-state index in [9.17, 15) is 0 Å². The largest absolute Gasteiger partial charge is 0.493 e. The molecule has 0 atom stereocenters. The first-order chi connectivity index (χ1) is 8.17. The second kappa shape index (κ2) is 5.10. The number of methoxy groups -OCH3 is 1. The van der Waals surface area contributed by atoms with Crippen molar-refractivity contribution in [2.45, 2.75) is 19.8 Å². The predicted molar refractivity (Wildman–Crippen MR) is 70.6 cm³/mol. The van der Waals surface area contributed by atoms with E-state index in [0.717, 1.165) is 45.4 Å². The van der Waals surface area contributed by atoms with Crippen molar-refractivity contribution in [2.24, 2.45) is 0 Å². The van der Waals surface area contributed by atoms with Crippen molar-refractivity contribution < 1.29 is 14.3 Å². The van der Waals surface area contributed by atoms with Gasteiger partial charge in [0.1, 0.15) is 5.76 Å². The average Bonchev–Trinajstić information content (AvgIpc) is 2.71. The molecule has 3 nitrogen and oxygen atoms in total. The third kappa shape index (κ3) is 2.33. The maximum atomic E-state index is 8.90. The lowest BCUT2D eigenvalue weighted by Crippen LogP contribution is -1.93. The molecule has 92 valence electrons. The molecule has 1 heterocycles. The highest BCUT2D eigenvalue weighted by Crippen LogP contribution is 2.37. The zero-order valence-corrected chi connectivity index (χ0v) is 11.5. The smallest absolute Gasteiger partial charge is 0.177 e. The molecule has 0 saturated heterocycles. The molecule has 1 N–H and O–H groups in total. The summed E-state index contributed by atoms with van der Waals surface area (Å²) in [5.41, 5.74) is 1.90. The first kappa shape index (κ1) is 12.5. The number of benzene rings is 1. The zero-order valence-electron chi connectivity index (χ0n) is 9.92. The zero-order chi connectivity index (χ0) is 12.4. The number of hydrogen-bond acceptors (Lipinski definition) is 3. The van der Waals surface area contributed by atoms with Gasteiger partial charge >= 0.3 is 0 Å². The lowest BCUT2D eigenvalue weighted by Gasteiger charge is -2.08. The molecule has 0 aliphatic rings. The quantitative estimate of drug-likeness (QED) is 0.940. The Morgan fingerprint density at radius 1 is 1.41 bits per heavy atom. The van der Waals surface area contributed by atoms with Gasteiger partial charge in [-0.15, -0.1) is 0 Å². The first-order valence-electron chi connectivity index (χ1n) is 5.53. The van der Waals surface area contributed by atoms with Crippen LogP contribution >= 0.6 is 15.9 Å². The van der Waals surface area contributed by atoms with E-state index in [1.807, 2.05) is 19.1 Å². The standard InChI is InChI=1S/C13H15BrO3/c1-8-6-10-12(14)9(4-3-5-15)7-11(16-2)13(10)17-8/h6-7,15H,3-5H2,1-2H3. The Morgan fingerprint density at radius 2 is 2.18 bits per heavy atom. The number of aliphatic hydroxyl groups is 1. The van der Waals surface area contributed by atoms with E-state index >= 15 is 0 Å². The minimum Gasteiger partial charge on any atom is -0.493 e. The van der Waals surface area contributed by atoms with Crippen molar-refractivity contribution in [3.8, 4) is 5.75 Å². The summed E-state index contributed by atoms with van der Waals surface area (Å²) in [6.45, 7) is 2.11. The van der Waals surface area contributed by atoms with Crippen LogP contribution in [0.1, 0.15) is 17.7 Å². The van der Waals surface area contributed by atoms with E-state index in [-0.39, 0.29) is 6.61 Å². The number of rotatable bonds is 4. The number of aliphatic hydroxyl groups excluding tert-OH is 1. The van der Waals surface area contributed by atoms with Gasteiger partial charge in [0.15, 0.2) is 11.3 Å². The highest BCUT2D eigenvalue weighted by molar-refractivity contribution is 9.10. The number of aryl methyl sites for hydroxylation is 2. The van der Waals surface area contributed by atoms with Gasteiger partial charge in [0.25, 0.3) is 0 Å². The van der Waals surface area contributed by atoms with Crippen LogP contribution in [0.3, 0.4) is 0 Å². The average molecular weight is 299 g/mol. The summed E-state index contributed by atoms with van der Waals surface area (Å²) in [4.78, 5) is 0. The molecule has 0 spiro atoms. The molecule has 0 aliphatic carbocycles. The Morgan fingerprint density at radius 3 is 2.82 bits per heavy atom. The summed E-state index contributed by atoms with van der Waals surface area (Å²) < 4.78 is 12.0. The number of halogens is 1. The molecular weight excluding hydrogens is 284 g/mol. The van der Waals surface area contributed by atoms with Crippen molar-refractivity contribution in [2.75, 3.05) is 13.7 Å². The molecule has 0 saturated carbocycles. The van der Waals surface area contributed by atoms with Crippen LogP contribution in [-0.2, 0) is 6.42 Å². The molecule has 0 fully saturated rings. The Balaban J connectivity index is 2.58. The van der Waals surface area contributed by atoms with Crippen LogP contribution in [0.5, 0.6) is 5.75 Å². The van der Waals surface area contributed by atoms with E-state index in [1.165, 1.54) is 0 Å². The number of furan rings is 1. The van der Waals surface area contributed by atoms with Gasteiger partial charge in [-0.2, -0.15) is 0 Å². The van der Waals surface area contributed by atoms with Crippen LogP contribution in [0.4, 0.5) is 0 Å². The Bertz CT molecular complexity index is 531. The fourth-order valence-electron chi connectivity index (χ4n) is 1.92. The third-order valence-corrected chi connectivity index (χ3v) is 3.66. The van der Waals surface area contributed by atoms with Crippen molar-refractivity contribution in [3.63, 3.8) is 0 Å². The molecule has 0 bridgehead atoms. The topological polar surface area (TPSA) is 42.6 Å². The summed E-state index contributed by atoms with van der Waals surface area (Å²) in [5, 5.41) is 9.92. The van der Waals surface area contributed by atoms with E-state index in [0.29, 0.717) is 0 Å². The SMILES string of the molecule is COc1cc(CCCO)c(Br)c2cc(C)oc12. The Hall–Kier alpha value is -1.00. The lowest BCUT2D eigenvalue weighted by molar-refractivity contribution is 0.288. The number of ether oxygens (including phenoxy) is 1. The molecule has 1 aromatic carbocycles. The fourth-order valence-corrected chi connectivity index (χ4v) is 2.53. The number of hydrogen-bond donors (Lipinski definition) is 1. The summed E-state index contributed by atoms with van der Waals surface area (Å²) in [5.74, 6) is 1.60. The normalized spacial score (nSPS) is 11.1. The highest BCUT2D eigenvalue weighted by Gasteiger charge is 2.14. The monoisotopic (exact) mass is 298 g/mol. The van der Waals surface area contributed by atoms with Gasteiger partial charge in [-0.3, -0.25) is 0 Å². The molecule has 0 radical (unpaired) electrons.